The molecule has 0 spiro atoms. The van der Waals surface area contributed by atoms with E-state index in [2.05, 4.69) is 4.90 Å². The Morgan fingerprint density at radius 1 is 1.12 bits per heavy atom. The monoisotopic (exact) mass is 347 g/mol. The fourth-order valence-electron chi connectivity index (χ4n) is 2.92. The number of hydrogen-bond donors (Lipinski definition) is 1. The van der Waals surface area contributed by atoms with Crippen molar-refractivity contribution in [2.45, 2.75) is 6.54 Å². The van der Waals surface area contributed by atoms with Crippen LogP contribution in [-0.2, 0) is 6.54 Å². The van der Waals surface area contributed by atoms with Gasteiger partial charge in [0.25, 0.3) is 5.91 Å². The number of nitrogens with two attached hydrogens (primary N) is 1. The van der Waals surface area contributed by atoms with Crippen molar-refractivity contribution in [2.75, 3.05) is 31.9 Å². The summed E-state index contributed by atoms with van der Waals surface area (Å²) in [5.74, 6) is -0.920. The number of carbonyl (C=O) groups excluding carboxylic acids is 1. The smallest absolute Gasteiger partial charge is 0.258 e. The zero-order valence-corrected chi connectivity index (χ0v) is 14.0. The quantitative estimate of drug-likeness (QED) is 0.868. The van der Waals surface area contributed by atoms with Gasteiger partial charge in [0.1, 0.15) is 5.82 Å². The zero-order valence-electron chi connectivity index (χ0n) is 13.2. The summed E-state index contributed by atoms with van der Waals surface area (Å²) < 4.78 is 13.9. The Kier molecular flexibility index (Phi) is 5.02. The summed E-state index contributed by atoms with van der Waals surface area (Å²) in [7, 11) is 0. The predicted octanol–water partition coefficient (Wildman–Crippen LogP) is 3.02. The first kappa shape index (κ1) is 16.7. The van der Waals surface area contributed by atoms with E-state index in [0.717, 1.165) is 30.9 Å². The van der Waals surface area contributed by atoms with Gasteiger partial charge in [-0.3, -0.25) is 9.69 Å². The molecule has 0 bridgehead atoms. The van der Waals surface area contributed by atoms with Crippen LogP contribution < -0.4 is 5.73 Å². The maximum Gasteiger partial charge on any atom is 0.258 e. The van der Waals surface area contributed by atoms with Crippen molar-refractivity contribution in [2.24, 2.45) is 0 Å². The van der Waals surface area contributed by atoms with Crippen molar-refractivity contribution in [3.05, 3.63) is 64.4 Å². The van der Waals surface area contributed by atoms with Gasteiger partial charge < -0.3 is 10.6 Å². The first-order chi connectivity index (χ1) is 11.5. The van der Waals surface area contributed by atoms with Gasteiger partial charge in [-0.25, -0.2) is 4.39 Å². The minimum atomic E-state index is -0.574. The maximum atomic E-state index is 13.9. The molecule has 0 atom stereocenters. The third-order valence-corrected chi connectivity index (χ3v) is 4.51. The minimum absolute atomic E-state index is 0.0385. The number of amides is 1. The van der Waals surface area contributed by atoms with Crippen molar-refractivity contribution in [3.8, 4) is 0 Å². The van der Waals surface area contributed by atoms with Crippen LogP contribution >= 0.6 is 11.6 Å². The third-order valence-electron chi connectivity index (χ3n) is 4.19. The normalized spacial score (nSPS) is 15.5. The molecule has 0 aliphatic carbocycles. The average Bonchev–Trinajstić information content (AvgIpc) is 2.55. The lowest BCUT2D eigenvalue weighted by atomic mass is 10.1. The Morgan fingerprint density at radius 2 is 1.83 bits per heavy atom. The van der Waals surface area contributed by atoms with E-state index in [9.17, 15) is 9.18 Å². The number of nitrogen functional groups attached to an aromatic ring is 1. The van der Waals surface area contributed by atoms with Gasteiger partial charge in [0.05, 0.1) is 10.6 Å². The number of benzene rings is 2. The van der Waals surface area contributed by atoms with Crippen LogP contribution in [0.25, 0.3) is 0 Å². The van der Waals surface area contributed by atoms with Gasteiger partial charge in [0.2, 0.25) is 0 Å². The highest BCUT2D eigenvalue weighted by molar-refractivity contribution is 6.33. The van der Waals surface area contributed by atoms with E-state index in [1.807, 2.05) is 24.3 Å². The molecule has 0 unspecified atom stereocenters. The molecule has 0 aromatic heterocycles. The van der Waals surface area contributed by atoms with Crippen LogP contribution in [-0.4, -0.2) is 41.9 Å². The van der Waals surface area contributed by atoms with Gasteiger partial charge in [-0.05, 0) is 29.8 Å². The Balaban J connectivity index is 1.62. The molecule has 24 heavy (non-hydrogen) atoms. The molecule has 126 valence electrons. The lowest BCUT2D eigenvalue weighted by molar-refractivity contribution is 0.0624. The van der Waals surface area contributed by atoms with Crippen LogP contribution in [0.15, 0.2) is 42.5 Å². The SMILES string of the molecule is Nc1cccc(CN2CCN(C(=O)c3c(F)cccc3Cl)CC2)c1. The van der Waals surface area contributed by atoms with Gasteiger partial charge in [-0.1, -0.05) is 29.8 Å². The van der Waals surface area contributed by atoms with E-state index < -0.39 is 5.82 Å². The molecular formula is C18H19ClFN3O. The van der Waals surface area contributed by atoms with Gasteiger partial charge in [-0.2, -0.15) is 0 Å². The first-order valence-corrected chi connectivity index (χ1v) is 8.22. The maximum absolute atomic E-state index is 13.9. The average molecular weight is 348 g/mol. The number of anilines is 1. The van der Waals surface area contributed by atoms with Crippen molar-refractivity contribution in [3.63, 3.8) is 0 Å². The molecule has 1 aliphatic heterocycles. The molecule has 2 aromatic carbocycles. The number of piperazine rings is 1. The number of carbonyl (C=O) groups is 1. The number of hydrogen-bond acceptors (Lipinski definition) is 3. The van der Waals surface area contributed by atoms with E-state index in [-0.39, 0.29) is 16.5 Å². The third kappa shape index (κ3) is 3.68. The molecular weight excluding hydrogens is 329 g/mol. The van der Waals surface area contributed by atoms with Gasteiger partial charge in [-0.15, -0.1) is 0 Å². The second kappa shape index (κ2) is 7.20. The van der Waals surface area contributed by atoms with E-state index in [1.165, 1.54) is 18.2 Å². The number of halogens is 2. The van der Waals surface area contributed by atoms with E-state index >= 15 is 0 Å². The highest BCUT2D eigenvalue weighted by atomic mass is 35.5. The van der Waals surface area contributed by atoms with Crippen LogP contribution in [0.5, 0.6) is 0 Å². The molecule has 1 fully saturated rings. The van der Waals surface area contributed by atoms with Crippen LogP contribution in [0.3, 0.4) is 0 Å². The van der Waals surface area contributed by atoms with E-state index in [4.69, 9.17) is 17.3 Å². The summed E-state index contributed by atoms with van der Waals surface area (Å²) >= 11 is 5.98. The topological polar surface area (TPSA) is 49.6 Å². The molecule has 4 nitrogen and oxygen atoms in total. The van der Waals surface area contributed by atoms with Crippen molar-refractivity contribution >= 4 is 23.2 Å². The summed E-state index contributed by atoms with van der Waals surface area (Å²) in [5.41, 5.74) is 7.65. The lowest BCUT2D eigenvalue weighted by Crippen LogP contribution is -2.48. The van der Waals surface area contributed by atoms with Crippen LogP contribution in [0.2, 0.25) is 5.02 Å². The summed E-state index contributed by atoms with van der Waals surface area (Å²) in [5, 5.41) is 0.155. The first-order valence-electron chi connectivity index (χ1n) is 7.84. The summed E-state index contributed by atoms with van der Waals surface area (Å²) in [6.45, 7) is 3.34. The number of rotatable bonds is 3. The van der Waals surface area contributed by atoms with Crippen molar-refractivity contribution in [1.29, 1.82) is 0 Å². The van der Waals surface area contributed by atoms with Crippen LogP contribution in [0.1, 0.15) is 15.9 Å². The Hall–Kier alpha value is -2.11. The summed E-state index contributed by atoms with van der Waals surface area (Å²) in [4.78, 5) is 16.4. The summed E-state index contributed by atoms with van der Waals surface area (Å²) in [6.07, 6.45) is 0. The fourth-order valence-corrected chi connectivity index (χ4v) is 3.16. The standard InChI is InChI=1S/C18H19ClFN3O/c19-15-5-2-6-16(20)17(15)18(24)23-9-7-22(8-10-23)12-13-3-1-4-14(21)11-13/h1-6,11H,7-10,12,21H2. The molecule has 1 heterocycles. The highest BCUT2D eigenvalue weighted by Crippen LogP contribution is 2.22. The second-order valence-electron chi connectivity index (χ2n) is 5.91. The predicted molar refractivity (Wildman–Crippen MR) is 93.4 cm³/mol. The molecule has 0 radical (unpaired) electrons. The molecule has 1 saturated heterocycles. The minimum Gasteiger partial charge on any atom is -0.399 e. The largest absolute Gasteiger partial charge is 0.399 e. The molecule has 0 saturated carbocycles. The Bertz CT molecular complexity index is 725. The van der Waals surface area contributed by atoms with Crippen LogP contribution in [0.4, 0.5) is 10.1 Å². The summed E-state index contributed by atoms with van der Waals surface area (Å²) in [6, 6.07) is 12.1. The lowest BCUT2D eigenvalue weighted by Gasteiger charge is -2.35. The Labute approximate surface area is 145 Å². The fraction of sp³-hybridized carbons (Fsp3) is 0.278. The van der Waals surface area contributed by atoms with Gasteiger partial charge in [0, 0.05) is 38.4 Å². The van der Waals surface area contributed by atoms with E-state index in [1.54, 1.807) is 4.90 Å². The molecule has 1 aliphatic rings. The van der Waals surface area contributed by atoms with Gasteiger partial charge in [0.15, 0.2) is 0 Å². The number of nitrogens with zero attached hydrogens (tertiary/aromatic N) is 2. The van der Waals surface area contributed by atoms with Gasteiger partial charge >= 0.3 is 0 Å². The van der Waals surface area contributed by atoms with Crippen molar-refractivity contribution in [1.82, 2.24) is 9.80 Å². The van der Waals surface area contributed by atoms with Crippen LogP contribution in [0, 0.1) is 5.82 Å². The van der Waals surface area contributed by atoms with E-state index in [0.29, 0.717) is 13.1 Å². The van der Waals surface area contributed by atoms with Crippen molar-refractivity contribution < 1.29 is 9.18 Å². The molecule has 2 N–H and O–H groups in total. The highest BCUT2D eigenvalue weighted by Gasteiger charge is 2.25. The molecule has 1 amide bonds. The second-order valence-corrected chi connectivity index (χ2v) is 6.32. The molecule has 3 rings (SSSR count). The molecule has 2 aromatic rings. The molecule has 6 heteroatoms. The Morgan fingerprint density at radius 3 is 2.50 bits per heavy atom. The zero-order chi connectivity index (χ0) is 17.1.